The predicted octanol–water partition coefficient (Wildman–Crippen LogP) is 1.51. The van der Waals surface area contributed by atoms with Crippen molar-refractivity contribution in [3.8, 4) is 0 Å². The van der Waals surface area contributed by atoms with Crippen LogP contribution in [0.4, 0.5) is 0 Å². The molecule has 0 bridgehead atoms. The lowest BCUT2D eigenvalue weighted by Crippen LogP contribution is -2.13. The lowest BCUT2D eigenvalue weighted by molar-refractivity contribution is 0.0650. The van der Waals surface area contributed by atoms with Crippen LogP contribution < -0.4 is 0 Å². The predicted molar refractivity (Wildman–Crippen MR) is 55.2 cm³/mol. The minimum Gasteiger partial charge on any atom is -0.478 e. The van der Waals surface area contributed by atoms with Gasteiger partial charge in [0.1, 0.15) is 0 Å². The van der Waals surface area contributed by atoms with Crippen molar-refractivity contribution in [2.24, 2.45) is 0 Å². The molecule has 0 radical (unpaired) electrons. The Kier molecular flexibility index (Phi) is 3.08. The number of carboxylic acid groups (broad SMARTS) is 2. The van der Waals surface area contributed by atoms with Crippen molar-refractivity contribution in [1.29, 1.82) is 0 Å². The van der Waals surface area contributed by atoms with Crippen LogP contribution in [0.3, 0.4) is 0 Å². The standard InChI is InChI=1S/C11H10O5/c1-5-3-7(10(13)14)9(11(15)16)6(2)8(5)4-12/h3-4H,1-2H3,(H,13,14)(H,15,16). The molecule has 2 N–H and O–H groups in total. The number of carboxylic acids is 2. The van der Waals surface area contributed by atoms with Crippen LogP contribution in [-0.2, 0) is 0 Å². The molecule has 0 saturated carbocycles. The van der Waals surface area contributed by atoms with E-state index in [2.05, 4.69) is 0 Å². The number of aryl methyl sites for hydroxylation is 1. The van der Waals surface area contributed by atoms with Gasteiger partial charge in [0.2, 0.25) is 0 Å². The van der Waals surface area contributed by atoms with Gasteiger partial charge in [0, 0.05) is 5.56 Å². The molecule has 0 heterocycles. The second-order valence-corrected chi connectivity index (χ2v) is 3.38. The third-order valence-corrected chi connectivity index (χ3v) is 2.40. The summed E-state index contributed by atoms with van der Waals surface area (Å²) in [4.78, 5) is 32.6. The monoisotopic (exact) mass is 222 g/mol. The van der Waals surface area contributed by atoms with Crippen molar-refractivity contribution in [3.05, 3.63) is 33.9 Å². The molecule has 0 atom stereocenters. The SMILES string of the molecule is Cc1cc(C(=O)O)c(C(=O)O)c(C)c1C=O. The van der Waals surface area contributed by atoms with Crippen molar-refractivity contribution in [2.45, 2.75) is 13.8 Å². The molecule has 1 rings (SSSR count). The molecule has 1 aromatic carbocycles. The maximum Gasteiger partial charge on any atom is 0.336 e. The first-order valence-electron chi connectivity index (χ1n) is 4.46. The fraction of sp³-hybridized carbons (Fsp3) is 0.182. The van der Waals surface area contributed by atoms with Crippen LogP contribution in [0.25, 0.3) is 0 Å². The fourth-order valence-electron chi connectivity index (χ4n) is 1.62. The molecular formula is C11H10O5. The van der Waals surface area contributed by atoms with Crippen LogP contribution in [0.15, 0.2) is 6.07 Å². The summed E-state index contributed by atoms with van der Waals surface area (Å²) < 4.78 is 0. The molecule has 1 aromatic rings. The van der Waals surface area contributed by atoms with Gasteiger partial charge in [-0.25, -0.2) is 9.59 Å². The number of aldehydes is 1. The molecule has 0 aromatic heterocycles. The zero-order chi connectivity index (χ0) is 12.5. The van der Waals surface area contributed by atoms with Gasteiger partial charge in [-0.15, -0.1) is 0 Å². The summed E-state index contributed by atoms with van der Waals surface area (Å²) >= 11 is 0. The normalized spacial score (nSPS) is 9.88. The summed E-state index contributed by atoms with van der Waals surface area (Å²) in [6.45, 7) is 2.99. The Morgan fingerprint density at radius 1 is 1.19 bits per heavy atom. The van der Waals surface area contributed by atoms with Gasteiger partial charge in [0.05, 0.1) is 11.1 Å². The van der Waals surface area contributed by atoms with Gasteiger partial charge >= 0.3 is 11.9 Å². The van der Waals surface area contributed by atoms with Gasteiger partial charge in [0.15, 0.2) is 6.29 Å². The topological polar surface area (TPSA) is 91.7 Å². The lowest BCUT2D eigenvalue weighted by atomic mass is 9.93. The Morgan fingerprint density at radius 3 is 2.12 bits per heavy atom. The van der Waals surface area contributed by atoms with Crippen LogP contribution in [0, 0.1) is 13.8 Å². The molecule has 0 aliphatic rings. The summed E-state index contributed by atoms with van der Waals surface area (Å²) in [5.74, 6) is -2.67. The Labute approximate surface area is 91.3 Å². The maximum absolute atomic E-state index is 10.9. The molecule has 16 heavy (non-hydrogen) atoms. The maximum atomic E-state index is 10.9. The van der Waals surface area contributed by atoms with E-state index < -0.39 is 11.9 Å². The highest BCUT2D eigenvalue weighted by atomic mass is 16.4. The third-order valence-electron chi connectivity index (χ3n) is 2.40. The van der Waals surface area contributed by atoms with Crippen molar-refractivity contribution in [2.75, 3.05) is 0 Å². The molecule has 0 spiro atoms. The summed E-state index contributed by atoms with van der Waals surface area (Å²) in [5, 5.41) is 17.8. The number of hydrogen-bond acceptors (Lipinski definition) is 3. The zero-order valence-electron chi connectivity index (χ0n) is 8.77. The van der Waals surface area contributed by atoms with Crippen LogP contribution in [0.2, 0.25) is 0 Å². The Morgan fingerprint density at radius 2 is 1.75 bits per heavy atom. The first kappa shape index (κ1) is 11.9. The van der Waals surface area contributed by atoms with Crippen LogP contribution in [0.5, 0.6) is 0 Å². The molecule has 0 unspecified atom stereocenters. The smallest absolute Gasteiger partial charge is 0.336 e. The second kappa shape index (κ2) is 4.14. The average Bonchev–Trinajstić information content (AvgIpc) is 2.16. The van der Waals surface area contributed by atoms with Crippen molar-refractivity contribution >= 4 is 18.2 Å². The van der Waals surface area contributed by atoms with Crippen molar-refractivity contribution in [1.82, 2.24) is 0 Å². The average molecular weight is 222 g/mol. The summed E-state index contributed by atoms with van der Waals surface area (Å²) in [6, 6.07) is 1.20. The van der Waals surface area contributed by atoms with Crippen LogP contribution >= 0.6 is 0 Å². The van der Waals surface area contributed by atoms with Gasteiger partial charge < -0.3 is 10.2 Å². The number of hydrogen-bond donors (Lipinski definition) is 2. The highest BCUT2D eigenvalue weighted by Crippen LogP contribution is 2.21. The van der Waals surface area contributed by atoms with E-state index >= 15 is 0 Å². The van der Waals surface area contributed by atoms with E-state index in [4.69, 9.17) is 10.2 Å². The molecule has 0 amide bonds. The molecular weight excluding hydrogens is 212 g/mol. The number of rotatable bonds is 3. The van der Waals surface area contributed by atoms with Crippen LogP contribution in [0.1, 0.15) is 42.2 Å². The fourth-order valence-corrected chi connectivity index (χ4v) is 1.62. The highest BCUT2D eigenvalue weighted by Gasteiger charge is 2.21. The minimum absolute atomic E-state index is 0.180. The van der Waals surface area contributed by atoms with Crippen molar-refractivity contribution in [3.63, 3.8) is 0 Å². The van der Waals surface area contributed by atoms with E-state index in [0.29, 0.717) is 11.8 Å². The quantitative estimate of drug-likeness (QED) is 0.756. The Bertz CT molecular complexity index is 488. The molecule has 84 valence electrons. The minimum atomic E-state index is -1.35. The molecule has 0 saturated heterocycles. The second-order valence-electron chi connectivity index (χ2n) is 3.38. The lowest BCUT2D eigenvalue weighted by Gasteiger charge is -2.10. The van der Waals surface area contributed by atoms with E-state index in [0.717, 1.165) is 0 Å². The Hall–Kier alpha value is -2.17. The van der Waals surface area contributed by atoms with E-state index in [1.807, 2.05) is 0 Å². The summed E-state index contributed by atoms with van der Waals surface area (Å²) in [5.41, 5.74) is 0.227. The van der Waals surface area contributed by atoms with Gasteiger partial charge in [-0.1, -0.05) is 0 Å². The third kappa shape index (κ3) is 1.79. The highest BCUT2D eigenvalue weighted by molar-refractivity contribution is 6.04. The van der Waals surface area contributed by atoms with Gasteiger partial charge in [0.25, 0.3) is 0 Å². The largest absolute Gasteiger partial charge is 0.478 e. The zero-order valence-corrected chi connectivity index (χ0v) is 8.77. The number of aromatic carboxylic acids is 2. The first-order chi connectivity index (χ1) is 7.40. The van der Waals surface area contributed by atoms with Gasteiger partial charge in [-0.3, -0.25) is 4.79 Å². The molecule has 0 aliphatic carbocycles. The molecule has 5 nitrogen and oxygen atoms in total. The summed E-state index contributed by atoms with van der Waals surface area (Å²) in [6.07, 6.45) is 0.530. The molecule has 0 aliphatic heterocycles. The van der Waals surface area contributed by atoms with Gasteiger partial charge in [-0.05, 0) is 31.0 Å². The van der Waals surface area contributed by atoms with Gasteiger partial charge in [-0.2, -0.15) is 0 Å². The van der Waals surface area contributed by atoms with E-state index in [1.54, 1.807) is 6.92 Å². The van der Waals surface area contributed by atoms with E-state index in [1.165, 1.54) is 13.0 Å². The number of carbonyl (C=O) groups is 3. The molecule has 5 heteroatoms. The van der Waals surface area contributed by atoms with E-state index in [-0.39, 0.29) is 22.3 Å². The number of benzene rings is 1. The van der Waals surface area contributed by atoms with Crippen LogP contribution in [-0.4, -0.2) is 28.4 Å². The molecule has 0 fully saturated rings. The number of carbonyl (C=O) groups excluding carboxylic acids is 1. The first-order valence-corrected chi connectivity index (χ1v) is 4.46. The van der Waals surface area contributed by atoms with Crippen molar-refractivity contribution < 1.29 is 24.6 Å². The van der Waals surface area contributed by atoms with E-state index in [9.17, 15) is 14.4 Å². The Balaban J connectivity index is 3.72. The summed E-state index contributed by atoms with van der Waals surface area (Å²) in [7, 11) is 0.